The lowest BCUT2D eigenvalue weighted by atomic mass is 9.96. The highest BCUT2D eigenvalue weighted by atomic mass is 16.7. The first kappa shape index (κ1) is 17.8. The third-order valence-corrected chi connectivity index (χ3v) is 3.86. The molecule has 0 radical (unpaired) electrons. The Morgan fingerprint density at radius 1 is 1.15 bits per heavy atom. The summed E-state index contributed by atoms with van der Waals surface area (Å²) in [5.41, 5.74) is 0.239. The van der Waals surface area contributed by atoms with Gasteiger partial charge in [-0.25, -0.2) is 4.79 Å². The van der Waals surface area contributed by atoms with Crippen LogP contribution in [-0.2, 0) is 21.5 Å². The van der Waals surface area contributed by atoms with E-state index >= 15 is 0 Å². The van der Waals surface area contributed by atoms with Crippen LogP contribution >= 0.6 is 0 Å². The van der Waals surface area contributed by atoms with E-state index in [9.17, 15) is 14.4 Å². The van der Waals surface area contributed by atoms with Gasteiger partial charge in [0.2, 0.25) is 5.89 Å². The van der Waals surface area contributed by atoms with Crippen molar-refractivity contribution < 1.29 is 23.7 Å². The molecular weight excluding hydrogens is 338 g/mol. The Kier molecular flexibility index (Phi) is 4.58. The molecule has 0 spiro atoms. The second-order valence-electron chi connectivity index (χ2n) is 7.03. The smallest absolute Gasteiger partial charge is 0.333 e. The largest absolute Gasteiger partial charge is 0.339 e. The molecule has 0 aliphatic carbocycles. The first-order valence-corrected chi connectivity index (χ1v) is 8.29. The predicted molar refractivity (Wildman–Crippen MR) is 89.0 cm³/mol. The Balaban J connectivity index is 1.52. The van der Waals surface area contributed by atoms with E-state index in [-0.39, 0.29) is 23.0 Å². The molecule has 1 aromatic carbocycles. The molecular formula is C18H19N3O5. The lowest BCUT2D eigenvalue weighted by Crippen LogP contribution is -2.32. The molecule has 1 aliphatic heterocycles. The van der Waals surface area contributed by atoms with Crippen LogP contribution in [0, 0.1) is 0 Å². The maximum Gasteiger partial charge on any atom is 0.333 e. The first-order valence-electron chi connectivity index (χ1n) is 8.29. The molecule has 0 saturated carbocycles. The quantitative estimate of drug-likeness (QED) is 0.757. The molecule has 0 bridgehead atoms. The van der Waals surface area contributed by atoms with E-state index in [1.165, 1.54) is 12.1 Å². The van der Waals surface area contributed by atoms with Crippen molar-refractivity contribution in [3.05, 3.63) is 47.1 Å². The molecule has 0 saturated heterocycles. The van der Waals surface area contributed by atoms with Crippen molar-refractivity contribution in [3.63, 3.8) is 0 Å². The van der Waals surface area contributed by atoms with Gasteiger partial charge in [0.05, 0.1) is 11.1 Å². The topological polar surface area (TPSA) is 103 Å². The lowest BCUT2D eigenvalue weighted by molar-refractivity contribution is -0.168. The van der Waals surface area contributed by atoms with E-state index in [0.717, 1.165) is 0 Å². The molecule has 26 heavy (non-hydrogen) atoms. The summed E-state index contributed by atoms with van der Waals surface area (Å²) in [5, 5.41) is 4.42. The molecule has 0 unspecified atom stereocenters. The van der Waals surface area contributed by atoms with Gasteiger partial charge in [-0.2, -0.15) is 4.98 Å². The van der Waals surface area contributed by atoms with Crippen LogP contribution in [0.15, 0.2) is 28.8 Å². The molecule has 2 heterocycles. The molecule has 0 atom stereocenters. The zero-order valence-corrected chi connectivity index (χ0v) is 14.8. The maximum absolute atomic E-state index is 12.1. The van der Waals surface area contributed by atoms with E-state index < -0.39 is 17.8 Å². The highest BCUT2D eigenvalue weighted by molar-refractivity contribution is 6.20. The number of carbonyl (C=O) groups is 3. The van der Waals surface area contributed by atoms with Crippen molar-refractivity contribution in [2.75, 3.05) is 0 Å². The Labute approximate surface area is 150 Å². The van der Waals surface area contributed by atoms with Crippen molar-refractivity contribution in [3.8, 4) is 0 Å². The second kappa shape index (κ2) is 6.70. The number of fused-ring (bicyclic) bond motifs is 1. The number of hydroxylamine groups is 2. The molecule has 2 aromatic rings. The third kappa shape index (κ3) is 3.49. The first-order chi connectivity index (χ1) is 12.3. The molecule has 0 fully saturated rings. The molecule has 0 N–H and O–H groups in total. The number of hydrogen-bond acceptors (Lipinski definition) is 7. The summed E-state index contributed by atoms with van der Waals surface area (Å²) in [6.45, 7) is 5.92. The second-order valence-corrected chi connectivity index (χ2v) is 7.03. The number of amides is 2. The van der Waals surface area contributed by atoms with Crippen LogP contribution in [0.4, 0.5) is 0 Å². The monoisotopic (exact) mass is 357 g/mol. The van der Waals surface area contributed by atoms with Crippen molar-refractivity contribution in [2.24, 2.45) is 0 Å². The van der Waals surface area contributed by atoms with Gasteiger partial charge in [0.1, 0.15) is 0 Å². The number of hydrogen-bond donors (Lipinski definition) is 0. The number of aromatic nitrogens is 2. The predicted octanol–water partition coefficient (Wildman–Crippen LogP) is 2.44. The zero-order chi connectivity index (χ0) is 18.9. The van der Waals surface area contributed by atoms with Gasteiger partial charge in [-0.1, -0.05) is 43.1 Å². The van der Waals surface area contributed by atoms with Crippen molar-refractivity contribution >= 4 is 17.8 Å². The van der Waals surface area contributed by atoms with Crippen molar-refractivity contribution in [2.45, 2.75) is 45.4 Å². The van der Waals surface area contributed by atoms with E-state index in [0.29, 0.717) is 29.6 Å². The molecule has 8 nitrogen and oxygen atoms in total. The summed E-state index contributed by atoms with van der Waals surface area (Å²) in [7, 11) is 0. The number of nitrogens with zero attached hydrogens (tertiary/aromatic N) is 3. The Hall–Kier alpha value is -3.03. The SMILES string of the molecule is CC(C)(C)c1noc(CCCC(=O)ON2C(=O)c3ccccc3C2=O)n1. The number of aryl methyl sites for hydroxylation is 1. The average molecular weight is 357 g/mol. The minimum Gasteiger partial charge on any atom is -0.339 e. The van der Waals surface area contributed by atoms with E-state index in [1.807, 2.05) is 20.8 Å². The molecule has 2 amide bonds. The van der Waals surface area contributed by atoms with Gasteiger partial charge in [-0.15, -0.1) is 0 Å². The van der Waals surface area contributed by atoms with Gasteiger partial charge in [0, 0.05) is 18.3 Å². The van der Waals surface area contributed by atoms with E-state index in [4.69, 9.17) is 9.36 Å². The van der Waals surface area contributed by atoms with Gasteiger partial charge >= 0.3 is 5.97 Å². The van der Waals surface area contributed by atoms with Crippen LogP contribution in [0.1, 0.15) is 66.0 Å². The molecule has 1 aromatic heterocycles. The third-order valence-electron chi connectivity index (χ3n) is 3.86. The molecule has 8 heteroatoms. The zero-order valence-electron chi connectivity index (χ0n) is 14.8. The van der Waals surface area contributed by atoms with Crippen molar-refractivity contribution in [1.82, 2.24) is 15.2 Å². The maximum atomic E-state index is 12.1. The Morgan fingerprint density at radius 2 is 1.77 bits per heavy atom. The lowest BCUT2D eigenvalue weighted by Gasteiger charge is -2.12. The molecule has 1 aliphatic rings. The van der Waals surface area contributed by atoms with Crippen LogP contribution in [0.2, 0.25) is 0 Å². The number of rotatable bonds is 5. The number of imide groups is 1. The van der Waals surface area contributed by atoms with E-state index in [2.05, 4.69) is 10.1 Å². The van der Waals surface area contributed by atoms with Crippen LogP contribution in [-0.4, -0.2) is 33.0 Å². The van der Waals surface area contributed by atoms with Crippen LogP contribution in [0.5, 0.6) is 0 Å². The summed E-state index contributed by atoms with van der Waals surface area (Å²) in [6.07, 6.45) is 0.814. The Morgan fingerprint density at radius 3 is 2.31 bits per heavy atom. The minimum atomic E-state index is -0.671. The van der Waals surface area contributed by atoms with Gasteiger partial charge < -0.3 is 9.36 Å². The summed E-state index contributed by atoms with van der Waals surface area (Å²) in [6, 6.07) is 6.33. The van der Waals surface area contributed by atoms with Gasteiger partial charge in [-0.3, -0.25) is 9.59 Å². The van der Waals surface area contributed by atoms with Crippen LogP contribution in [0.3, 0.4) is 0 Å². The van der Waals surface area contributed by atoms with Gasteiger partial charge in [0.25, 0.3) is 11.8 Å². The fraction of sp³-hybridized carbons (Fsp3) is 0.389. The van der Waals surface area contributed by atoms with Crippen LogP contribution in [0.25, 0.3) is 0 Å². The number of benzene rings is 1. The fourth-order valence-corrected chi connectivity index (χ4v) is 2.44. The molecule has 136 valence electrons. The van der Waals surface area contributed by atoms with E-state index in [1.54, 1.807) is 12.1 Å². The highest BCUT2D eigenvalue weighted by Crippen LogP contribution is 2.23. The van der Waals surface area contributed by atoms with Gasteiger partial charge in [-0.05, 0) is 18.6 Å². The number of carbonyl (C=O) groups excluding carboxylic acids is 3. The molecule has 3 rings (SSSR count). The van der Waals surface area contributed by atoms with Crippen molar-refractivity contribution in [1.29, 1.82) is 0 Å². The summed E-state index contributed by atoms with van der Waals surface area (Å²) < 4.78 is 5.15. The summed E-state index contributed by atoms with van der Waals surface area (Å²) in [5.74, 6) is -0.907. The highest BCUT2D eigenvalue weighted by Gasteiger charge is 2.38. The normalized spacial score (nSPS) is 13.9. The summed E-state index contributed by atoms with van der Waals surface area (Å²) in [4.78, 5) is 45.4. The van der Waals surface area contributed by atoms with Gasteiger partial charge in [0.15, 0.2) is 5.82 Å². The minimum absolute atomic E-state index is 0.0145. The fourth-order valence-electron chi connectivity index (χ4n) is 2.44. The summed E-state index contributed by atoms with van der Waals surface area (Å²) >= 11 is 0. The standard InChI is InChI=1S/C18H19N3O5/c1-18(2,3)17-19-13(25-20-17)9-6-10-14(22)26-21-15(23)11-7-4-5-8-12(11)16(21)24/h4-5,7-8H,6,9-10H2,1-3H3. The average Bonchev–Trinajstić information content (AvgIpc) is 3.15. The van der Waals surface area contributed by atoms with Crippen LogP contribution < -0.4 is 0 Å². The Bertz CT molecular complexity index is 831.